The van der Waals surface area contributed by atoms with Crippen molar-refractivity contribution in [2.45, 2.75) is 13.3 Å². The van der Waals surface area contributed by atoms with Crippen molar-refractivity contribution in [2.75, 3.05) is 11.4 Å². The molecule has 20 heavy (non-hydrogen) atoms. The van der Waals surface area contributed by atoms with E-state index in [0.717, 1.165) is 28.0 Å². The first-order valence-corrected chi connectivity index (χ1v) is 6.79. The number of amides is 1. The van der Waals surface area contributed by atoms with Gasteiger partial charge in [0.2, 0.25) is 5.91 Å². The van der Waals surface area contributed by atoms with Gasteiger partial charge < -0.3 is 4.90 Å². The van der Waals surface area contributed by atoms with Crippen molar-refractivity contribution in [1.29, 1.82) is 0 Å². The Hall–Kier alpha value is -2.35. The summed E-state index contributed by atoms with van der Waals surface area (Å²) in [5, 5.41) is 0. The summed E-state index contributed by atoms with van der Waals surface area (Å²) in [6.07, 6.45) is 0.443. The summed E-state index contributed by atoms with van der Waals surface area (Å²) in [4.78, 5) is 14.4. The van der Waals surface area contributed by atoms with E-state index in [1.165, 1.54) is 0 Å². The van der Waals surface area contributed by atoms with E-state index in [-0.39, 0.29) is 5.91 Å². The van der Waals surface area contributed by atoms with Crippen LogP contribution in [0.1, 0.15) is 12.5 Å². The maximum Gasteiger partial charge on any atom is 0.231 e. The van der Waals surface area contributed by atoms with E-state index >= 15 is 0 Å². The molecule has 0 spiro atoms. The molecule has 1 aliphatic rings. The Balaban J connectivity index is 2.21. The van der Waals surface area contributed by atoms with Crippen molar-refractivity contribution in [3.63, 3.8) is 0 Å². The minimum Gasteiger partial charge on any atom is -0.307 e. The molecule has 3 rings (SSSR count). The summed E-state index contributed by atoms with van der Waals surface area (Å²) in [7, 11) is 0. The van der Waals surface area contributed by atoms with Gasteiger partial charge in [0, 0.05) is 12.1 Å². The third kappa shape index (κ3) is 2.14. The van der Waals surface area contributed by atoms with Crippen molar-refractivity contribution in [2.24, 2.45) is 0 Å². The number of para-hydroxylation sites is 1. The maximum atomic E-state index is 12.6. The Labute approximate surface area is 119 Å². The molecule has 0 aromatic heterocycles. The van der Waals surface area contributed by atoms with Crippen LogP contribution in [-0.4, -0.2) is 12.5 Å². The highest BCUT2D eigenvalue weighted by Gasteiger charge is 2.24. The molecule has 2 aromatic rings. The number of carbonyl (C=O) groups is 1. The van der Waals surface area contributed by atoms with Crippen LogP contribution in [0, 0.1) is 0 Å². The number of carbonyl (C=O) groups excluding carboxylic acids is 1. The third-order valence-corrected chi connectivity index (χ3v) is 3.57. The summed E-state index contributed by atoms with van der Waals surface area (Å²) >= 11 is 0. The quantitative estimate of drug-likeness (QED) is 0.754. The Morgan fingerprint density at radius 1 is 1.10 bits per heavy atom. The van der Waals surface area contributed by atoms with E-state index in [1.807, 2.05) is 48.2 Å². The molecule has 100 valence electrons. The molecule has 1 heterocycles. The van der Waals surface area contributed by atoms with E-state index < -0.39 is 0 Å². The molecule has 0 fully saturated rings. The Morgan fingerprint density at radius 3 is 2.50 bits per heavy atom. The van der Waals surface area contributed by atoms with Crippen LogP contribution in [0.5, 0.6) is 0 Å². The molecule has 0 saturated heterocycles. The number of hydrogen-bond donors (Lipinski definition) is 0. The first-order valence-electron chi connectivity index (χ1n) is 6.79. The molecule has 1 amide bonds. The molecule has 0 N–H and O–H groups in total. The first-order chi connectivity index (χ1) is 9.66. The third-order valence-electron chi connectivity index (χ3n) is 3.57. The van der Waals surface area contributed by atoms with Gasteiger partial charge in [-0.3, -0.25) is 4.79 Å². The summed E-state index contributed by atoms with van der Waals surface area (Å²) in [6, 6.07) is 16.2. The van der Waals surface area contributed by atoms with Crippen LogP contribution in [0.15, 0.2) is 60.7 Å². The van der Waals surface area contributed by atoms with E-state index in [4.69, 9.17) is 0 Å². The fourth-order valence-corrected chi connectivity index (χ4v) is 2.71. The molecule has 0 atom stereocenters. The number of fused-ring (bicyclic) bond motifs is 3. The molecule has 2 heteroatoms. The van der Waals surface area contributed by atoms with Crippen LogP contribution in [0.3, 0.4) is 0 Å². The van der Waals surface area contributed by atoms with Crippen LogP contribution in [0.4, 0.5) is 5.69 Å². The fourth-order valence-electron chi connectivity index (χ4n) is 2.71. The maximum absolute atomic E-state index is 12.6. The number of nitrogens with zero attached hydrogens (tertiary/aromatic N) is 1. The van der Waals surface area contributed by atoms with Gasteiger partial charge in [0.25, 0.3) is 0 Å². The van der Waals surface area contributed by atoms with E-state index in [0.29, 0.717) is 13.0 Å². The second-order valence-corrected chi connectivity index (χ2v) is 5.29. The minimum atomic E-state index is 0.130. The lowest BCUT2D eigenvalue weighted by Crippen LogP contribution is -2.32. The average molecular weight is 263 g/mol. The number of rotatable bonds is 2. The summed E-state index contributed by atoms with van der Waals surface area (Å²) < 4.78 is 0. The average Bonchev–Trinajstić information content (AvgIpc) is 2.55. The zero-order valence-corrected chi connectivity index (χ0v) is 11.6. The predicted molar refractivity (Wildman–Crippen MR) is 82.7 cm³/mol. The molecule has 0 aliphatic carbocycles. The predicted octanol–water partition coefficient (Wildman–Crippen LogP) is 3.82. The highest BCUT2D eigenvalue weighted by atomic mass is 16.2. The van der Waals surface area contributed by atoms with Gasteiger partial charge in [-0.25, -0.2) is 0 Å². The number of benzene rings is 2. The van der Waals surface area contributed by atoms with Gasteiger partial charge in [0.1, 0.15) is 0 Å². The van der Waals surface area contributed by atoms with Gasteiger partial charge >= 0.3 is 0 Å². The van der Waals surface area contributed by atoms with Crippen LogP contribution in [0.25, 0.3) is 11.1 Å². The topological polar surface area (TPSA) is 20.3 Å². The lowest BCUT2D eigenvalue weighted by molar-refractivity contribution is -0.117. The highest BCUT2D eigenvalue weighted by Crippen LogP contribution is 2.36. The standard InChI is InChI=1S/C18H17NO/c1-13(2)12-19-17-10-6-5-9-16(17)15-8-4-3-7-14(15)11-18(19)20/h3-10H,1,11-12H2,2H3. The number of anilines is 1. The Kier molecular flexibility index (Phi) is 3.15. The van der Waals surface area contributed by atoms with Crippen LogP contribution in [0.2, 0.25) is 0 Å². The largest absolute Gasteiger partial charge is 0.307 e. The van der Waals surface area contributed by atoms with Gasteiger partial charge in [0.05, 0.1) is 12.1 Å². The second kappa shape index (κ2) is 4.97. The van der Waals surface area contributed by atoms with E-state index in [1.54, 1.807) is 0 Å². The Bertz CT molecular complexity index is 687. The molecule has 0 radical (unpaired) electrons. The van der Waals surface area contributed by atoms with Crippen molar-refractivity contribution >= 4 is 11.6 Å². The Morgan fingerprint density at radius 2 is 1.75 bits per heavy atom. The SMILES string of the molecule is C=C(C)CN1C(=O)Cc2ccccc2-c2ccccc21. The van der Waals surface area contributed by atoms with Crippen LogP contribution in [-0.2, 0) is 11.2 Å². The van der Waals surface area contributed by atoms with Crippen molar-refractivity contribution in [1.82, 2.24) is 0 Å². The van der Waals surface area contributed by atoms with Crippen LogP contribution >= 0.6 is 0 Å². The molecule has 2 aromatic carbocycles. The molecule has 0 bridgehead atoms. The fraction of sp³-hybridized carbons (Fsp3) is 0.167. The molecule has 1 aliphatic heterocycles. The second-order valence-electron chi connectivity index (χ2n) is 5.29. The zero-order chi connectivity index (χ0) is 14.1. The monoisotopic (exact) mass is 263 g/mol. The van der Waals surface area contributed by atoms with Crippen LogP contribution < -0.4 is 4.90 Å². The van der Waals surface area contributed by atoms with Crippen molar-refractivity contribution < 1.29 is 4.79 Å². The summed E-state index contributed by atoms with van der Waals surface area (Å²) in [5.41, 5.74) is 5.33. The van der Waals surface area contributed by atoms with Gasteiger partial charge in [0.15, 0.2) is 0 Å². The summed E-state index contributed by atoms with van der Waals surface area (Å²) in [5.74, 6) is 0.130. The molecular weight excluding hydrogens is 246 g/mol. The molecule has 2 nitrogen and oxygen atoms in total. The minimum absolute atomic E-state index is 0.130. The van der Waals surface area contributed by atoms with Crippen molar-refractivity contribution in [3.8, 4) is 11.1 Å². The van der Waals surface area contributed by atoms with E-state index in [9.17, 15) is 4.79 Å². The smallest absolute Gasteiger partial charge is 0.231 e. The normalized spacial score (nSPS) is 13.4. The molecule has 0 unspecified atom stereocenters. The lowest BCUT2D eigenvalue weighted by Gasteiger charge is -2.23. The van der Waals surface area contributed by atoms with Gasteiger partial charge in [-0.15, -0.1) is 0 Å². The van der Waals surface area contributed by atoms with Crippen molar-refractivity contribution in [3.05, 3.63) is 66.2 Å². The first kappa shape index (κ1) is 12.7. The molecule has 0 saturated carbocycles. The van der Waals surface area contributed by atoms with Gasteiger partial charge in [-0.1, -0.05) is 54.6 Å². The lowest BCUT2D eigenvalue weighted by atomic mass is 9.98. The summed E-state index contributed by atoms with van der Waals surface area (Å²) in [6.45, 7) is 6.47. The van der Waals surface area contributed by atoms with Gasteiger partial charge in [-0.05, 0) is 24.1 Å². The van der Waals surface area contributed by atoms with Gasteiger partial charge in [-0.2, -0.15) is 0 Å². The molecular formula is C18H17NO. The van der Waals surface area contributed by atoms with E-state index in [2.05, 4.69) is 18.7 Å². The zero-order valence-electron chi connectivity index (χ0n) is 11.6. The number of hydrogen-bond acceptors (Lipinski definition) is 1. The highest BCUT2D eigenvalue weighted by molar-refractivity contribution is 6.02.